The van der Waals surface area contributed by atoms with Gasteiger partial charge in [-0.1, -0.05) is 36.1 Å². The van der Waals surface area contributed by atoms with Crippen molar-refractivity contribution in [3.63, 3.8) is 0 Å². The first-order chi connectivity index (χ1) is 13.3. The zero-order valence-electron chi connectivity index (χ0n) is 14.4. The van der Waals surface area contributed by atoms with Crippen molar-refractivity contribution >= 4 is 57.6 Å². The molecule has 0 atom stereocenters. The third kappa shape index (κ3) is 4.02. The van der Waals surface area contributed by atoms with Crippen molar-refractivity contribution in [1.82, 2.24) is 4.90 Å². The Morgan fingerprint density at radius 3 is 2.54 bits per heavy atom. The number of carbonyl (C=O) groups is 2. The molecule has 0 aliphatic carbocycles. The highest BCUT2D eigenvalue weighted by Crippen LogP contribution is 2.31. The topological polar surface area (TPSA) is 113 Å². The molecule has 2 aromatic carbocycles. The average Bonchev–Trinajstić information content (AvgIpc) is 2.90. The van der Waals surface area contributed by atoms with Crippen molar-refractivity contribution in [3.8, 4) is 5.75 Å². The van der Waals surface area contributed by atoms with Crippen molar-refractivity contribution in [1.29, 1.82) is 0 Å². The predicted molar refractivity (Wildman–Crippen MR) is 110 cm³/mol. The molecule has 2 N–H and O–H groups in total. The van der Waals surface area contributed by atoms with Crippen LogP contribution in [0.5, 0.6) is 5.75 Å². The second-order valence-electron chi connectivity index (χ2n) is 5.78. The van der Waals surface area contributed by atoms with E-state index in [4.69, 9.17) is 12.2 Å². The molecule has 8 nitrogen and oxygen atoms in total. The van der Waals surface area contributed by atoms with Crippen LogP contribution in [-0.2, 0) is 4.79 Å². The summed E-state index contributed by atoms with van der Waals surface area (Å²) in [4.78, 5) is 36.5. The first-order valence-corrected chi connectivity index (χ1v) is 9.09. The maximum absolute atomic E-state index is 12.4. The van der Waals surface area contributed by atoms with Crippen LogP contribution in [0.2, 0.25) is 0 Å². The van der Waals surface area contributed by atoms with Gasteiger partial charge in [-0.2, -0.15) is 0 Å². The molecule has 1 heterocycles. The van der Waals surface area contributed by atoms with Crippen molar-refractivity contribution in [2.24, 2.45) is 0 Å². The third-order valence-electron chi connectivity index (χ3n) is 3.90. The number of amides is 2. The monoisotopic (exact) mass is 415 g/mol. The number of benzene rings is 2. The minimum atomic E-state index is -0.622. The van der Waals surface area contributed by atoms with Gasteiger partial charge in [-0.15, -0.1) is 0 Å². The molecular formula is C18H13N3O5S2. The Kier molecular flexibility index (Phi) is 5.43. The Morgan fingerprint density at radius 2 is 1.96 bits per heavy atom. The van der Waals surface area contributed by atoms with E-state index in [2.05, 4.69) is 5.32 Å². The highest BCUT2D eigenvalue weighted by molar-refractivity contribution is 8.26. The van der Waals surface area contributed by atoms with E-state index in [1.165, 1.54) is 16.7 Å². The normalized spacial score (nSPS) is 15.2. The SMILES string of the molecule is CN1C(=O)C(=Cc2ccc(C(=O)Nc3cc([N+](=O)[O-])ccc3O)cc2)SC1=S. The summed E-state index contributed by atoms with van der Waals surface area (Å²) in [5.74, 6) is -1.00. The van der Waals surface area contributed by atoms with Crippen LogP contribution >= 0.6 is 24.0 Å². The Labute approximate surface area is 169 Å². The largest absolute Gasteiger partial charge is 0.506 e. The number of anilines is 1. The molecule has 10 heteroatoms. The second kappa shape index (κ2) is 7.79. The Balaban J connectivity index is 1.76. The zero-order valence-corrected chi connectivity index (χ0v) is 16.0. The molecule has 1 saturated heterocycles. The van der Waals surface area contributed by atoms with E-state index in [9.17, 15) is 24.8 Å². The number of carbonyl (C=O) groups excluding carboxylic acids is 2. The molecule has 1 fully saturated rings. The van der Waals surface area contributed by atoms with Gasteiger partial charge in [-0.25, -0.2) is 0 Å². The summed E-state index contributed by atoms with van der Waals surface area (Å²) in [7, 11) is 1.61. The molecule has 0 saturated carbocycles. The summed E-state index contributed by atoms with van der Waals surface area (Å²) >= 11 is 6.28. The summed E-state index contributed by atoms with van der Waals surface area (Å²) in [5.41, 5.74) is 0.682. The Hall–Kier alpha value is -3.24. The highest BCUT2D eigenvalue weighted by Gasteiger charge is 2.28. The lowest BCUT2D eigenvalue weighted by atomic mass is 10.1. The smallest absolute Gasteiger partial charge is 0.271 e. The second-order valence-corrected chi connectivity index (χ2v) is 7.45. The van der Waals surface area contributed by atoms with Crippen molar-refractivity contribution < 1.29 is 19.6 Å². The summed E-state index contributed by atoms with van der Waals surface area (Å²) < 4.78 is 0.476. The molecule has 28 heavy (non-hydrogen) atoms. The molecule has 142 valence electrons. The summed E-state index contributed by atoms with van der Waals surface area (Å²) in [6.07, 6.45) is 1.68. The van der Waals surface area contributed by atoms with E-state index in [1.54, 1.807) is 37.4 Å². The molecule has 3 rings (SSSR count). The van der Waals surface area contributed by atoms with Crippen LogP contribution < -0.4 is 5.32 Å². The van der Waals surface area contributed by atoms with Crippen molar-refractivity contribution in [2.45, 2.75) is 0 Å². The molecule has 1 aliphatic heterocycles. The van der Waals surface area contributed by atoms with Crippen LogP contribution in [0.3, 0.4) is 0 Å². The minimum Gasteiger partial charge on any atom is -0.506 e. The number of hydrogen-bond acceptors (Lipinski definition) is 7. The lowest BCUT2D eigenvalue weighted by Crippen LogP contribution is -2.22. The average molecular weight is 415 g/mol. The van der Waals surface area contributed by atoms with Gasteiger partial charge in [0.05, 0.1) is 15.5 Å². The summed E-state index contributed by atoms with van der Waals surface area (Å²) in [6, 6.07) is 9.76. The highest BCUT2D eigenvalue weighted by atomic mass is 32.2. The number of phenolic OH excluding ortho intramolecular Hbond substituents is 1. The number of nitro benzene ring substituents is 1. The van der Waals surface area contributed by atoms with E-state index in [0.29, 0.717) is 14.8 Å². The molecule has 0 bridgehead atoms. The number of aromatic hydroxyl groups is 1. The number of rotatable bonds is 4. The van der Waals surface area contributed by atoms with Crippen LogP contribution in [0.25, 0.3) is 6.08 Å². The molecule has 0 unspecified atom stereocenters. The van der Waals surface area contributed by atoms with E-state index >= 15 is 0 Å². The van der Waals surface area contributed by atoms with Crippen LogP contribution in [0.1, 0.15) is 15.9 Å². The first-order valence-electron chi connectivity index (χ1n) is 7.86. The molecule has 1 aliphatic rings. The lowest BCUT2D eigenvalue weighted by molar-refractivity contribution is -0.384. The lowest BCUT2D eigenvalue weighted by Gasteiger charge is -2.07. The number of non-ortho nitro benzene ring substituents is 1. The maximum Gasteiger partial charge on any atom is 0.271 e. The first kappa shape index (κ1) is 19.5. The number of hydrogen-bond donors (Lipinski definition) is 2. The van der Waals surface area contributed by atoms with Crippen LogP contribution in [0.15, 0.2) is 47.4 Å². The van der Waals surface area contributed by atoms with Gasteiger partial charge < -0.3 is 10.4 Å². The van der Waals surface area contributed by atoms with Crippen LogP contribution in [0.4, 0.5) is 11.4 Å². The minimum absolute atomic E-state index is 0.0603. The van der Waals surface area contributed by atoms with E-state index in [1.807, 2.05) is 0 Å². The molecule has 2 amide bonds. The molecule has 0 radical (unpaired) electrons. The number of nitrogens with one attached hydrogen (secondary N) is 1. The number of nitro groups is 1. The van der Waals surface area contributed by atoms with Gasteiger partial charge in [-0.05, 0) is 29.8 Å². The third-order valence-corrected chi connectivity index (χ3v) is 5.38. The fourth-order valence-electron chi connectivity index (χ4n) is 2.36. The quantitative estimate of drug-likeness (QED) is 0.259. The van der Waals surface area contributed by atoms with Crippen LogP contribution in [-0.4, -0.2) is 38.1 Å². The van der Waals surface area contributed by atoms with Gasteiger partial charge >= 0.3 is 0 Å². The molecule has 2 aromatic rings. The maximum atomic E-state index is 12.4. The summed E-state index contributed by atoms with van der Waals surface area (Å²) in [5, 5.41) is 23.1. The Morgan fingerprint density at radius 1 is 1.29 bits per heavy atom. The van der Waals surface area contributed by atoms with Gasteiger partial charge in [0.15, 0.2) is 0 Å². The molecular weight excluding hydrogens is 402 g/mol. The number of likely N-dealkylation sites (N-methyl/N-ethyl adjacent to an activating group) is 1. The number of thiocarbonyl (C=S) groups is 1. The van der Waals surface area contributed by atoms with E-state index in [0.717, 1.165) is 18.2 Å². The van der Waals surface area contributed by atoms with Gasteiger partial charge in [0, 0.05) is 24.7 Å². The van der Waals surface area contributed by atoms with Gasteiger partial charge in [0.1, 0.15) is 10.1 Å². The molecule has 0 spiro atoms. The standard InChI is InChI=1S/C18H13N3O5S2/c1-20-17(24)15(28-18(20)27)8-10-2-4-11(5-3-10)16(23)19-13-9-12(21(25)26)6-7-14(13)22/h2-9,22H,1H3,(H,19,23). The van der Waals surface area contributed by atoms with Crippen molar-refractivity contribution in [3.05, 3.63) is 68.6 Å². The van der Waals surface area contributed by atoms with Gasteiger partial charge in [0.25, 0.3) is 17.5 Å². The van der Waals surface area contributed by atoms with Gasteiger partial charge in [-0.3, -0.25) is 24.6 Å². The predicted octanol–water partition coefficient (Wildman–Crippen LogP) is 3.38. The number of phenols is 1. The van der Waals surface area contributed by atoms with Crippen molar-refractivity contribution in [2.75, 3.05) is 12.4 Å². The van der Waals surface area contributed by atoms with E-state index in [-0.39, 0.29) is 28.6 Å². The fraction of sp³-hybridized carbons (Fsp3) is 0.0556. The number of thioether (sulfide) groups is 1. The fourth-order valence-corrected chi connectivity index (χ4v) is 3.54. The van der Waals surface area contributed by atoms with Crippen LogP contribution in [0, 0.1) is 10.1 Å². The molecule has 0 aromatic heterocycles. The zero-order chi connectivity index (χ0) is 20.4. The number of nitrogens with zero attached hydrogens (tertiary/aromatic N) is 2. The Bertz CT molecular complexity index is 1030. The summed E-state index contributed by atoms with van der Waals surface area (Å²) in [6.45, 7) is 0. The van der Waals surface area contributed by atoms with E-state index < -0.39 is 10.8 Å². The van der Waals surface area contributed by atoms with Gasteiger partial charge in [0.2, 0.25) is 0 Å².